The molecule has 5 N–H and O–H groups in total. The third-order valence-corrected chi connectivity index (χ3v) is 7.04. The third kappa shape index (κ3) is 6.40. The molecule has 1 unspecified atom stereocenters. The smallest absolute Gasteiger partial charge is 0.321 e. The first kappa shape index (κ1) is 23.0. The molecule has 7 nitrogen and oxygen atoms in total. The molecule has 0 saturated carbocycles. The zero-order valence-electron chi connectivity index (χ0n) is 18.4. The third-order valence-electron chi connectivity index (χ3n) is 4.88. The number of para-hydroxylation sites is 4. The van der Waals surface area contributed by atoms with E-state index in [9.17, 15) is 9.36 Å². The second-order valence-corrected chi connectivity index (χ2v) is 9.77. The fraction of sp³-hybridized carbons (Fsp3) is 0.0385. The summed E-state index contributed by atoms with van der Waals surface area (Å²) in [5.41, 5.74) is 2.64. The molecule has 2 amide bonds. The maximum atomic E-state index is 14.5. The highest BCUT2D eigenvalue weighted by molar-refractivity contribution is 7.67. The van der Waals surface area contributed by atoms with Crippen molar-refractivity contribution >= 4 is 36.2 Å². The van der Waals surface area contributed by atoms with E-state index in [1.54, 1.807) is 12.1 Å². The van der Waals surface area contributed by atoms with Crippen LogP contribution in [0.1, 0.15) is 0 Å². The number of nitrogens with one attached hydrogen (secondary N) is 5. The van der Waals surface area contributed by atoms with Crippen LogP contribution in [0, 0.1) is 0 Å². The van der Waals surface area contributed by atoms with Crippen molar-refractivity contribution in [2.75, 3.05) is 20.8 Å². The average Bonchev–Trinajstić information content (AvgIpc) is 2.86. The van der Waals surface area contributed by atoms with E-state index in [0.717, 1.165) is 0 Å². The lowest BCUT2D eigenvalue weighted by atomic mass is 10.3. The molecule has 0 spiro atoms. The maximum absolute atomic E-state index is 14.5. The highest BCUT2D eigenvalue weighted by Gasteiger charge is 2.35. The zero-order chi connectivity index (χ0) is 23.6. The predicted octanol–water partition coefficient (Wildman–Crippen LogP) is 6.62. The lowest BCUT2D eigenvalue weighted by Crippen LogP contribution is -2.45. The van der Waals surface area contributed by atoms with Crippen LogP contribution < -0.4 is 26.1 Å². The van der Waals surface area contributed by atoms with Crippen LogP contribution in [-0.4, -0.2) is 11.9 Å². The summed E-state index contributed by atoms with van der Waals surface area (Å²) < 4.78 is 14.5. The van der Waals surface area contributed by atoms with Crippen molar-refractivity contribution in [3.8, 4) is 0 Å². The summed E-state index contributed by atoms with van der Waals surface area (Å²) in [6, 6.07) is 36.4. The van der Waals surface area contributed by atoms with Crippen LogP contribution in [0.2, 0.25) is 0 Å². The Kier molecular flexibility index (Phi) is 7.48. The molecule has 0 fully saturated rings. The van der Waals surface area contributed by atoms with Crippen LogP contribution in [0.25, 0.3) is 0 Å². The number of hydrogen-bond acceptors (Lipinski definition) is 3. The zero-order valence-corrected chi connectivity index (χ0v) is 19.3. The van der Waals surface area contributed by atoms with E-state index < -0.39 is 19.4 Å². The van der Waals surface area contributed by atoms with Crippen molar-refractivity contribution in [2.24, 2.45) is 0 Å². The Morgan fingerprint density at radius 1 is 0.559 bits per heavy atom. The topological polar surface area (TPSA) is 94.3 Å². The van der Waals surface area contributed by atoms with Gasteiger partial charge < -0.3 is 26.1 Å². The van der Waals surface area contributed by atoms with Crippen LogP contribution in [0.5, 0.6) is 0 Å². The van der Waals surface area contributed by atoms with Gasteiger partial charge in [0, 0.05) is 22.7 Å². The number of carbonyl (C=O) groups excluding carboxylic acids is 1. The summed E-state index contributed by atoms with van der Waals surface area (Å²) in [5.74, 6) is -1.00. The molecule has 4 aromatic carbocycles. The second-order valence-electron chi connectivity index (χ2n) is 7.49. The van der Waals surface area contributed by atoms with E-state index in [-0.39, 0.29) is 0 Å². The van der Waals surface area contributed by atoms with Crippen LogP contribution in [0.3, 0.4) is 0 Å². The molecule has 4 rings (SSSR count). The highest BCUT2D eigenvalue weighted by Crippen LogP contribution is 2.49. The minimum atomic E-state index is -3.58. The van der Waals surface area contributed by atoms with Gasteiger partial charge in [0.05, 0.1) is 0 Å². The van der Waals surface area contributed by atoms with Gasteiger partial charge >= 0.3 is 6.03 Å². The molecule has 8 heteroatoms. The SMILES string of the molecule is O=C(Nc1ccccc1)NC(Nc1ccccc1)P(=O)(Nc1ccccc1)Nc1ccccc1. The molecule has 0 saturated heterocycles. The second kappa shape index (κ2) is 11.1. The van der Waals surface area contributed by atoms with Crippen LogP contribution in [0.4, 0.5) is 27.5 Å². The monoisotopic (exact) mass is 471 g/mol. The Labute approximate surface area is 199 Å². The van der Waals surface area contributed by atoms with Crippen LogP contribution in [-0.2, 0) is 4.57 Å². The lowest BCUT2D eigenvalue weighted by Gasteiger charge is -2.32. The molecular formula is C26H26N5O2P. The van der Waals surface area contributed by atoms with Gasteiger partial charge in [-0.05, 0) is 48.5 Å². The minimum Gasteiger partial charge on any atom is -0.356 e. The predicted molar refractivity (Wildman–Crippen MR) is 140 cm³/mol. The van der Waals surface area contributed by atoms with E-state index >= 15 is 0 Å². The Hall–Kier alpha value is -4.22. The molecule has 0 aliphatic carbocycles. The van der Waals surface area contributed by atoms with Crippen molar-refractivity contribution in [3.63, 3.8) is 0 Å². The number of carbonyl (C=O) groups is 1. The Bertz CT molecular complexity index is 1180. The van der Waals surface area contributed by atoms with Crippen LogP contribution in [0.15, 0.2) is 121 Å². The summed E-state index contributed by atoms with van der Waals surface area (Å²) in [4.78, 5) is 12.9. The van der Waals surface area contributed by atoms with Gasteiger partial charge in [-0.1, -0.05) is 72.8 Å². The van der Waals surface area contributed by atoms with Gasteiger partial charge in [-0.15, -0.1) is 0 Å². The maximum Gasteiger partial charge on any atom is 0.321 e. The van der Waals surface area contributed by atoms with E-state index in [0.29, 0.717) is 22.7 Å². The first-order chi connectivity index (χ1) is 16.6. The van der Waals surface area contributed by atoms with Gasteiger partial charge in [0.1, 0.15) is 0 Å². The molecule has 0 bridgehead atoms. The van der Waals surface area contributed by atoms with Gasteiger partial charge in [-0.25, -0.2) is 4.79 Å². The number of urea groups is 1. The number of benzene rings is 4. The molecule has 0 aliphatic rings. The molecule has 0 aliphatic heterocycles. The number of hydrogen-bond donors (Lipinski definition) is 5. The van der Waals surface area contributed by atoms with E-state index in [2.05, 4.69) is 26.1 Å². The lowest BCUT2D eigenvalue weighted by molar-refractivity contribution is 0.251. The largest absolute Gasteiger partial charge is 0.356 e. The summed E-state index contributed by atoms with van der Waals surface area (Å²) in [6.07, 6.45) is 0. The van der Waals surface area contributed by atoms with E-state index in [1.807, 2.05) is 109 Å². The van der Waals surface area contributed by atoms with Crippen molar-refractivity contribution in [3.05, 3.63) is 121 Å². The normalized spacial score (nSPS) is 11.6. The Morgan fingerprint density at radius 3 is 1.38 bits per heavy atom. The molecule has 0 radical (unpaired) electrons. The number of rotatable bonds is 9. The standard InChI is InChI=1S/C26H26N5O2P/c32-25(27-21-13-5-1-6-14-21)29-26(28-22-15-7-2-8-16-22)34(33,30-23-17-9-3-10-18-23)31-24-19-11-4-12-20-24/h1-20,26,28H,(H2,27,29,32)(H2,30,31,33). The van der Waals surface area contributed by atoms with Gasteiger partial charge in [0.15, 0.2) is 5.91 Å². The first-order valence-corrected chi connectivity index (χ1v) is 12.6. The summed E-state index contributed by atoms with van der Waals surface area (Å²) in [6.45, 7) is 0. The summed E-state index contributed by atoms with van der Waals surface area (Å²) >= 11 is 0. The Balaban J connectivity index is 1.66. The molecule has 0 heterocycles. The van der Waals surface area contributed by atoms with E-state index in [1.165, 1.54) is 0 Å². The van der Waals surface area contributed by atoms with Crippen LogP contribution >= 0.6 is 7.44 Å². The molecule has 34 heavy (non-hydrogen) atoms. The molecule has 172 valence electrons. The van der Waals surface area contributed by atoms with Crippen molar-refractivity contribution < 1.29 is 9.36 Å². The molecule has 4 aromatic rings. The minimum absolute atomic E-state index is 0.496. The average molecular weight is 472 g/mol. The molecule has 1 atom stereocenters. The molecular weight excluding hydrogens is 445 g/mol. The number of amides is 2. The quantitative estimate of drug-likeness (QED) is 0.140. The highest BCUT2D eigenvalue weighted by atomic mass is 31.2. The van der Waals surface area contributed by atoms with E-state index in [4.69, 9.17) is 0 Å². The fourth-order valence-electron chi connectivity index (χ4n) is 3.29. The fourth-order valence-corrected chi connectivity index (χ4v) is 5.30. The molecule has 0 aromatic heterocycles. The number of anilines is 4. The summed E-state index contributed by atoms with van der Waals surface area (Å²) in [7, 11) is -3.58. The first-order valence-electron chi connectivity index (χ1n) is 10.8. The van der Waals surface area contributed by atoms with Gasteiger partial charge in [0.25, 0.3) is 7.44 Å². The van der Waals surface area contributed by atoms with Gasteiger partial charge in [0.2, 0.25) is 0 Å². The van der Waals surface area contributed by atoms with Crippen molar-refractivity contribution in [1.82, 2.24) is 5.32 Å². The summed E-state index contributed by atoms with van der Waals surface area (Å²) in [5, 5.41) is 15.1. The van der Waals surface area contributed by atoms with Gasteiger partial charge in [-0.3, -0.25) is 4.57 Å². The van der Waals surface area contributed by atoms with Crippen molar-refractivity contribution in [1.29, 1.82) is 0 Å². The van der Waals surface area contributed by atoms with Crippen molar-refractivity contribution in [2.45, 2.75) is 5.91 Å². The Morgan fingerprint density at radius 2 is 0.941 bits per heavy atom. The van der Waals surface area contributed by atoms with Gasteiger partial charge in [-0.2, -0.15) is 0 Å².